The van der Waals surface area contributed by atoms with Crippen molar-refractivity contribution in [1.82, 2.24) is 9.55 Å². The Balaban J connectivity index is 2.00. The molecule has 0 spiro atoms. The van der Waals surface area contributed by atoms with E-state index in [1.165, 1.54) is 10.8 Å². The van der Waals surface area contributed by atoms with E-state index >= 15 is 0 Å². The molecule has 1 N–H and O–H groups in total. The minimum Gasteiger partial charge on any atom is -0.383 e. The molecule has 0 bridgehead atoms. The van der Waals surface area contributed by atoms with Crippen LogP contribution in [-0.4, -0.2) is 21.0 Å². The molecule has 2 aromatic rings. The van der Waals surface area contributed by atoms with Gasteiger partial charge in [-0.2, -0.15) is 4.98 Å². The summed E-state index contributed by atoms with van der Waals surface area (Å²) in [5, 5.41) is 13.7. The van der Waals surface area contributed by atoms with Crippen molar-refractivity contribution >= 4 is 27.3 Å². The first-order valence-corrected chi connectivity index (χ1v) is 6.56. The van der Waals surface area contributed by atoms with Crippen molar-refractivity contribution in [1.29, 1.82) is 0 Å². The lowest BCUT2D eigenvalue weighted by Crippen LogP contribution is -2.25. The molecule has 104 valence electrons. The lowest BCUT2D eigenvalue weighted by atomic mass is 10.3. The predicted molar refractivity (Wildman–Crippen MR) is 77.8 cm³/mol. The van der Waals surface area contributed by atoms with Crippen molar-refractivity contribution in [2.24, 2.45) is 0 Å². The number of anilines is 1. The summed E-state index contributed by atoms with van der Waals surface area (Å²) >= 11 is 3.34. The Morgan fingerprint density at radius 1 is 1.35 bits per heavy atom. The summed E-state index contributed by atoms with van der Waals surface area (Å²) < 4.78 is 2.19. The number of hydrogen-bond donors (Lipinski definition) is 1. The summed E-state index contributed by atoms with van der Waals surface area (Å²) in [5.41, 5.74) is 0.195. The second-order valence-electron chi connectivity index (χ2n) is 3.98. The van der Waals surface area contributed by atoms with Gasteiger partial charge < -0.3 is 5.32 Å². The molecule has 7 nitrogen and oxygen atoms in total. The Hall–Kier alpha value is -2.22. The van der Waals surface area contributed by atoms with Crippen molar-refractivity contribution < 1.29 is 4.92 Å². The van der Waals surface area contributed by atoms with Crippen molar-refractivity contribution in [3.05, 3.63) is 61.7 Å². The van der Waals surface area contributed by atoms with E-state index in [-0.39, 0.29) is 5.69 Å². The topological polar surface area (TPSA) is 90.1 Å². The van der Waals surface area contributed by atoms with Crippen LogP contribution in [0.3, 0.4) is 0 Å². The van der Waals surface area contributed by atoms with Gasteiger partial charge in [0.2, 0.25) is 0 Å². The van der Waals surface area contributed by atoms with Gasteiger partial charge in [0.15, 0.2) is 0 Å². The largest absolute Gasteiger partial charge is 0.383 e. The van der Waals surface area contributed by atoms with Gasteiger partial charge >= 0.3 is 11.4 Å². The molecule has 1 aromatic carbocycles. The molecular formula is C12H11BrN4O3. The van der Waals surface area contributed by atoms with E-state index in [0.717, 1.165) is 16.4 Å². The van der Waals surface area contributed by atoms with Crippen molar-refractivity contribution in [3.8, 4) is 0 Å². The standard InChI is InChI=1S/C12H11BrN4O3/c13-9-1-3-10(4-2-9)14-5-6-16-8-11(17(19)20)7-15-12(16)18/h1-4,7-8,14H,5-6H2. The van der Waals surface area contributed by atoms with E-state index < -0.39 is 10.6 Å². The Kier molecular flexibility index (Phi) is 4.46. The van der Waals surface area contributed by atoms with Gasteiger partial charge in [0.05, 0.1) is 11.1 Å². The number of hydrogen-bond acceptors (Lipinski definition) is 5. The van der Waals surface area contributed by atoms with Crippen LogP contribution >= 0.6 is 15.9 Å². The van der Waals surface area contributed by atoms with E-state index in [1.807, 2.05) is 24.3 Å². The van der Waals surface area contributed by atoms with Crippen LogP contribution in [0.2, 0.25) is 0 Å². The van der Waals surface area contributed by atoms with E-state index in [2.05, 4.69) is 26.2 Å². The van der Waals surface area contributed by atoms with Gasteiger partial charge in [-0.25, -0.2) is 4.79 Å². The fourth-order valence-electron chi connectivity index (χ4n) is 1.59. The van der Waals surface area contributed by atoms with E-state index in [4.69, 9.17) is 0 Å². The Morgan fingerprint density at radius 3 is 2.70 bits per heavy atom. The molecule has 2 rings (SSSR count). The number of benzene rings is 1. The summed E-state index contributed by atoms with van der Waals surface area (Å²) in [7, 11) is 0. The van der Waals surface area contributed by atoms with Crippen LogP contribution in [0.15, 0.2) is 45.9 Å². The van der Waals surface area contributed by atoms with Crippen molar-refractivity contribution in [2.45, 2.75) is 6.54 Å². The van der Waals surface area contributed by atoms with E-state index in [1.54, 1.807) is 0 Å². The smallest absolute Gasteiger partial charge is 0.348 e. The van der Waals surface area contributed by atoms with Crippen LogP contribution in [0, 0.1) is 10.1 Å². The lowest BCUT2D eigenvalue weighted by molar-refractivity contribution is -0.385. The van der Waals surface area contributed by atoms with Gasteiger partial charge in [-0.3, -0.25) is 14.7 Å². The van der Waals surface area contributed by atoms with Gasteiger partial charge in [-0.1, -0.05) is 15.9 Å². The summed E-state index contributed by atoms with van der Waals surface area (Å²) in [6, 6.07) is 7.56. The normalized spacial score (nSPS) is 10.2. The molecule has 0 aliphatic rings. The second kappa shape index (κ2) is 6.29. The van der Waals surface area contributed by atoms with Gasteiger partial charge in [0.25, 0.3) is 0 Å². The quantitative estimate of drug-likeness (QED) is 0.665. The first-order chi connectivity index (χ1) is 9.56. The van der Waals surface area contributed by atoms with Gasteiger partial charge in [0.1, 0.15) is 6.20 Å². The maximum absolute atomic E-state index is 11.5. The Morgan fingerprint density at radius 2 is 2.05 bits per heavy atom. The molecule has 8 heteroatoms. The molecule has 20 heavy (non-hydrogen) atoms. The molecule has 0 aliphatic heterocycles. The molecular weight excluding hydrogens is 328 g/mol. The minimum atomic E-state index is -0.578. The number of aromatic nitrogens is 2. The van der Waals surface area contributed by atoms with Crippen molar-refractivity contribution in [3.63, 3.8) is 0 Å². The Bertz CT molecular complexity index is 669. The molecule has 1 heterocycles. The molecule has 0 atom stereocenters. The third-order valence-corrected chi connectivity index (χ3v) is 3.11. The van der Waals surface area contributed by atoms with Gasteiger partial charge in [0, 0.05) is 23.2 Å². The fraction of sp³-hybridized carbons (Fsp3) is 0.167. The molecule has 0 unspecified atom stereocenters. The average Bonchev–Trinajstić information content (AvgIpc) is 2.43. The van der Waals surface area contributed by atoms with Gasteiger partial charge in [-0.15, -0.1) is 0 Å². The highest BCUT2D eigenvalue weighted by atomic mass is 79.9. The second-order valence-corrected chi connectivity index (χ2v) is 4.89. The van der Waals surface area contributed by atoms with Gasteiger partial charge in [-0.05, 0) is 24.3 Å². The monoisotopic (exact) mass is 338 g/mol. The minimum absolute atomic E-state index is 0.201. The van der Waals surface area contributed by atoms with Crippen LogP contribution in [0.4, 0.5) is 11.4 Å². The fourth-order valence-corrected chi connectivity index (χ4v) is 1.85. The summed E-state index contributed by atoms with van der Waals surface area (Å²) in [5.74, 6) is 0. The summed E-state index contributed by atoms with van der Waals surface area (Å²) in [4.78, 5) is 25.0. The lowest BCUT2D eigenvalue weighted by Gasteiger charge is -2.07. The Labute approximate surface area is 122 Å². The SMILES string of the molecule is O=c1ncc([N+](=O)[O-])cn1CCNc1ccc(Br)cc1. The molecule has 0 amide bonds. The molecule has 1 aromatic heterocycles. The maximum atomic E-state index is 11.5. The van der Waals surface area contributed by atoms with Crippen LogP contribution in [0.1, 0.15) is 0 Å². The highest BCUT2D eigenvalue weighted by Gasteiger charge is 2.08. The number of nitrogens with zero attached hydrogens (tertiary/aromatic N) is 3. The number of rotatable bonds is 5. The van der Waals surface area contributed by atoms with Crippen LogP contribution in [-0.2, 0) is 6.54 Å². The molecule has 0 radical (unpaired) electrons. The predicted octanol–water partition coefficient (Wildman–Crippen LogP) is 2.03. The van der Waals surface area contributed by atoms with Crippen LogP contribution in [0.5, 0.6) is 0 Å². The first kappa shape index (κ1) is 14.2. The number of nitrogens with one attached hydrogen (secondary N) is 1. The average molecular weight is 339 g/mol. The molecule has 0 saturated carbocycles. The van der Waals surface area contributed by atoms with Crippen LogP contribution in [0.25, 0.3) is 0 Å². The zero-order valence-electron chi connectivity index (χ0n) is 10.3. The third kappa shape index (κ3) is 3.64. The highest BCUT2D eigenvalue weighted by Crippen LogP contribution is 2.13. The summed E-state index contributed by atoms with van der Waals surface area (Å²) in [6.45, 7) is 0.758. The maximum Gasteiger partial charge on any atom is 0.348 e. The molecule has 0 saturated heterocycles. The number of halogens is 1. The highest BCUT2D eigenvalue weighted by molar-refractivity contribution is 9.10. The zero-order chi connectivity index (χ0) is 14.5. The molecule has 0 fully saturated rings. The summed E-state index contributed by atoms with van der Waals surface area (Å²) in [6.07, 6.45) is 2.15. The van der Waals surface area contributed by atoms with Crippen LogP contribution < -0.4 is 11.0 Å². The number of nitro groups is 1. The first-order valence-electron chi connectivity index (χ1n) is 5.76. The van der Waals surface area contributed by atoms with E-state index in [0.29, 0.717) is 13.1 Å². The third-order valence-electron chi connectivity index (χ3n) is 2.58. The zero-order valence-corrected chi connectivity index (χ0v) is 11.9. The molecule has 0 aliphatic carbocycles. The van der Waals surface area contributed by atoms with E-state index in [9.17, 15) is 14.9 Å². The van der Waals surface area contributed by atoms with Crippen molar-refractivity contribution in [2.75, 3.05) is 11.9 Å².